The van der Waals surface area contributed by atoms with Crippen LogP contribution in [0.25, 0.3) is 0 Å². The Morgan fingerprint density at radius 3 is 2.04 bits per heavy atom. The first-order valence-electron chi connectivity index (χ1n) is 7.99. The van der Waals surface area contributed by atoms with E-state index in [0.717, 1.165) is 0 Å². The zero-order valence-corrected chi connectivity index (χ0v) is 14.7. The number of nitrogens with one attached hydrogen (secondary N) is 3. The summed E-state index contributed by atoms with van der Waals surface area (Å²) in [7, 11) is 5.09. The van der Waals surface area contributed by atoms with E-state index in [-0.39, 0.29) is 17.6 Å². The van der Waals surface area contributed by atoms with Gasteiger partial charge in [-0.3, -0.25) is 14.4 Å². The number of carbonyl (C=O) groups is 4. The van der Waals surface area contributed by atoms with Crippen molar-refractivity contribution in [2.45, 2.75) is 52.6 Å². The smallest absolute Gasteiger partial charge is 0.312 e. The van der Waals surface area contributed by atoms with Crippen molar-refractivity contribution >= 4 is 31.4 Å². The molecule has 134 valence electrons. The first-order chi connectivity index (χ1) is 11.1. The van der Waals surface area contributed by atoms with Gasteiger partial charge in [-0.15, -0.1) is 0 Å². The summed E-state index contributed by atoms with van der Waals surface area (Å²) in [4.78, 5) is 46.3. The van der Waals surface area contributed by atoms with Gasteiger partial charge in [-0.25, -0.2) is 4.79 Å². The summed E-state index contributed by atoms with van der Waals surface area (Å²) < 4.78 is 0. The highest BCUT2D eigenvalue weighted by Gasteiger charge is 2.28. The zero-order chi connectivity index (χ0) is 18.9. The third kappa shape index (κ3) is 8.54. The molecule has 5 N–H and O–H groups in total. The summed E-state index contributed by atoms with van der Waals surface area (Å²) >= 11 is 0. The maximum atomic E-state index is 12.4. The van der Waals surface area contributed by atoms with E-state index in [0.29, 0.717) is 19.4 Å². The van der Waals surface area contributed by atoms with Gasteiger partial charge in [-0.05, 0) is 18.8 Å². The van der Waals surface area contributed by atoms with Crippen LogP contribution < -0.4 is 21.7 Å². The van der Waals surface area contributed by atoms with Gasteiger partial charge in [0, 0.05) is 12.5 Å². The second kappa shape index (κ2) is 10.7. The Labute approximate surface area is 144 Å². The molecule has 24 heavy (non-hydrogen) atoms. The van der Waals surface area contributed by atoms with Crippen molar-refractivity contribution in [3.8, 4) is 0 Å². The number of primary amides is 1. The first-order valence-corrected chi connectivity index (χ1v) is 7.99. The Bertz CT molecular complexity index is 468. The Morgan fingerprint density at radius 2 is 1.62 bits per heavy atom. The fraction of sp³-hybridized carbons (Fsp3) is 0.733. The molecule has 0 aliphatic rings. The SMILES string of the molecule is [B]C(=O)N[C@H](C(=O)N[C@@H](CCCNC(N)=O)C(=O)C(C)C)C(C)C. The number of nitrogens with two attached hydrogens (primary N) is 1. The minimum Gasteiger partial charge on any atom is -0.354 e. The predicted molar refractivity (Wildman–Crippen MR) is 91.5 cm³/mol. The van der Waals surface area contributed by atoms with Gasteiger partial charge in [-0.1, -0.05) is 27.7 Å². The fourth-order valence-corrected chi connectivity index (χ4v) is 2.16. The molecule has 0 aromatic rings. The lowest BCUT2D eigenvalue weighted by molar-refractivity contribution is -0.131. The normalized spacial score (nSPS) is 13.2. The van der Waals surface area contributed by atoms with Crippen LogP contribution in [0.4, 0.5) is 9.59 Å². The minimum absolute atomic E-state index is 0.121. The molecule has 0 aromatic heterocycles. The Balaban J connectivity index is 4.88. The molecular weight excluding hydrogens is 311 g/mol. The third-order valence-corrected chi connectivity index (χ3v) is 3.44. The molecule has 0 saturated heterocycles. The van der Waals surface area contributed by atoms with Crippen LogP contribution >= 0.6 is 0 Å². The van der Waals surface area contributed by atoms with Crippen molar-refractivity contribution in [3.05, 3.63) is 0 Å². The van der Waals surface area contributed by atoms with Crippen LogP contribution in [0.5, 0.6) is 0 Å². The van der Waals surface area contributed by atoms with Gasteiger partial charge in [0.25, 0.3) is 0 Å². The number of rotatable bonds is 10. The molecule has 9 heteroatoms. The monoisotopic (exact) mass is 338 g/mol. The number of amides is 4. The van der Waals surface area contributed by atoms with Crippen molar-refractivity contribution < 1.29 is 19.2 Å². The maximum absolute atomic E-state index is 12.4. The van der Waals surface area contributed by atoms with Gasteiger partial charge in [0.2, 0.25) is 13.8 Å². The molecule has 8 nitrogen and oxygen atoms in total. The fourth-order valence-electron chi connectivity index (χ4n) is 2.16. The average molecular weight is 338 g/mol. The van der Waals surface area contributed by atoms with E-state index in [1.807, 2.05) is 0 Å². The summed E-state index contributed by atoms with van der Waals surface area (Å²) in [5, 5.41) is 7.48. The molecule has 0 aliphatic carbocycles. The van der Waals surface area contributed by atoms with E-state index in [1.54, 1.807) is 27.7 Å². The molecule has 0 unspecified atom stereocenters. The van der Waals surface area contributed by atoms with Crippen LogP contribution in [0.15, 0.2) is 0 Å². The summed E-state index contributed by atoms with van der Waals surface area (Å²) in [5.74, 6) is -1.85. The van der Waals surface area contributed by atoms with E-state index in [2.05, 4.69) is 16.0 Å². The van der Waals surface area contributed by atoms with Crippen molar-refractivity contribution in [1.82, 2.24) is 16.0 Å². The number of urea groups is 1. The van der Waals surface area contributed by atoms with E-state index >= 15 is 0 Å². The van der Waals surface area contributed by atoms with Gasteiger partial charge in [-0.2, -0.15) is 0 Å². The lowest BCUT2D eigenvalue weighted by Gasteiger charge is -2.25. The average Bonchev–Trinajstić information content (AvgIpc) is 2.45. The van der Waals surface area contributed by atoms with E-state index in [1.165, 1.54) is 0 Å². The first kappa shape index (κ1) is 21.9. The molecule has 0 aromatic carbocycles. The van der Waals surface area contributed by atoms with Gasteiger partial charge in [0.05, 0.1) is 6.04 Å². The molecule has 0 saturated carbocycles. The Kier molecular flexibility index (Phi) is 9.76. The molecule has 2 radical (unpaired) electrons. The Morgan fingerprint density at radius 1 is 1.04 bits per heavy atom. The van der Waals surface area contributed by atoms with Crippen LogP contribution in [-0.4, -0.2) is 50.0 Å². The lowest BCUT2D eigenvalue weighted by atomic mass is 9.96. The predicted octanol–water partition coefficient (Wildman–Crippen LogP) is 0.0475. The zero-order valence-electron chi connectivity index (χ0n) is 14.7. The highest BCUT2D eigenvalue weighted by atomic mass is 16.2. The number of Topliss-reactive ketones (excluding diaryl/α,β-unsaturated/α-hetero) is 1. The van der Waals surface area contributed by atoms with E-state index < -0.39 is 29.8 Å². The van der Waals surface area contributed by atoms with Gasteiger partial charge >= 0.3 is 6.03 Å². The number of ketones is 1. The van der Waals surface area contributed by atoms with Gasteiger partial charge in [0.15, 0.2) is 11.6 Å². The second-order valence-corrected chi connectivity index (χ2v) is 6.28. The molecule has 0 heterocycles. The van der Waals surface area contributed by atoms with E-state index in [9.17, 15) is 19.2 Å². The summed E-state index contributed by atoms with van der Waals surface area (Å²) in [6.07, 6.45) is 0.826. The van der Waals surface area contributed by atoms with Gasteiger partial charge in [0.1, 0.15) is 6.04 Å². The second-order valence-electron chi connectivity index (χ2n) is 6.28. The topological polar surface area (TPSA) is 130 Å². The largest absolute Gasteiger partial charge is 0.354 e. The molecule has 0 bridgehead atoms. The molecule has 0 fully saturated rings. The van der Waals surface area contributed by atoms with Gasteiger partial charge < -0.3 is 21.7 Å². The number of carbonyl (C=O) groups excluding carboxylic acids is 4. The minimum atomic E-state index is -0.825. The Hall–Kier alpha value is -2.06. The van der Waals surface area contributed by atoms with Crippen LogP contribution in [-0.2, 0) is 9.59 Å². The molecule has 2 atom stereocenters. The van der Waals surface area contributed by atoms with Crippen molar-refractivity contribution in [2.24, 2.45) is 17.6 Å². The summed E-state index contributed by atoms with van der Waals surface area (Å²) in [6, 6.07) is -2.17. The standard InChI is InChI=1S/C15H27BN4O4/c1-8(2)11(20-14(16)23)13(22)19-10(12(21)9(3)4)6-5-7-18-15(17)24/h8-11H,5-7H2,1-4H3,(H,19,22)(H,20,23)(H3,17,18,24)/t10-,11-/m0/s1. The maximum Gasteiger partial charge on any atom is 0.312 e. The van der Waals surface area contributed by atoms with Crippen molar-refractivity contribution in [2.75, 3.05) is 6.54 Å². The highest BCUT2D eigenvalue weighted by Crippen LogP contribution is 2.08. The molecular formula is C15H27BN4O4. The lowest BCUT2D eigenvalue weighted by Crippen LogP contribution is -2.54. The summed E-state index contributed by atoms with van der Waals surface area (Å²) in [5.41, 5.74) is 4.98. The quantitative estimate of drug-likeness (QED) is 0.331. The van der Waals surface area contributed by atoms with Crippen LogP contribution in [0.1, 0.15) is 40.5 Å². The molecule has 4 amide bonds. The number of hydrogen-bond acceptors (Lipinski definition) is 4. The van der Waals surface area contributed by atoms with Crippen molar-refractivity contribution in [1.29, 1.82) is 0 Å². The van der Waals surface area contributed by atoms with Crippen LogP contribution in [0, 0.1) is 11.8 Å². The van der Waals surface area contributed by atoms with E-state index in [4.69, 9.17) is 13.6 Å². The van der Waals surface area contributed by atoms with Crippen LogP contribution in [0.3, 0.4) is 0 Å². The molecule has 0 aliphatic heterocycles. The van der Waals surface area contributed by atoms with Crippen molar-refractivity contribution in [3.63, 3.8) is 0 Å². The summed E-state index contributed by atoms with van der Waals surface area (Å²) in [6.45, 7) is 7.31. The third-order valence-electron chi connectivity index (χ3n) is 3.44. The number of hydrogen-bond donors (Lipinski definition) is 4. The molecule has 0 rings (SSSR count). The molecule has 0 spiro atoms. The highest BCUT2D eigenvalue weighted by molar-refractivity contribution is 6.57. The van der Waals surface area contributed by atoms with Crippen LogP contribution in [0.2, 0.25) is 0 Å².